The Balaban J connectivity index is 2.38. The Morgan fingerprint density at radius 3 is 2.80 bits per heavy atom. The summed E-state index contributed by atoms with van der Waals surface area (Å²) >= 11 is 0. The van der Waals surface area contributed by atoms with Crippen molar-refractivity contribution in [2.24, 2.45) is 0 Å². The van der Waals surface area contributed by atoms with Crippen LogP contribution in [0, 0.1) is 5.82 Å². The number of rotatable bonds is 4. The van der Waals surface area contributed by atoms with Crippen molar-refractivity contribution in [1.29, 1.82) is 0 Å². The lowest BCUT2D eigenvalue weighted by Crippen LogP contribution is -2.35. The number of halogens is 1. The number of hydrogen-bond donors (Lipinski definition) is 1. The third-order valence-electron chi connectivity index (χ3n) is 3.29. The molecular formula is C14H19FN2O2S. The van der Waals surface area contributed by atoms with Gasteiger partial charge in [-0.05, 0) is 38.1 Å². The predicted molar refractivity (Wildman–Crippen MR) is 76.3 cm³/mol. The average Bonchev–Trinajstić information content (AvgIpc) is 2.41. The van der Waals surface area contributed by atoms with Crippen LogP contribution < -0.4 is 5.32 Å². The van der Waals surface area contributed by atoms with Crippen LogP contribution in [-0.2, 0) is 16.6 Å². The predicted octanol–water partition coefficient (Wildman–Crippen LogP) is 1.89. The first-order chi connectivity index (χ1) is 9.45. The fourth-order valence-corrected chi connectivity index (χ4v) is 3.89. The molecule has 0 unspecified atom stereocenters. The molecule has 1 aliphatic heterocycles. The second-order valence-corrected chi connectivity index (χ2v) is 6.88. The van der Waals surface area contributed by atoms with Gasteiger partial charge in [0, 0.05) is 19.6 Å². The summed E-state index contributed by atoms with van der Waals surface area (Å²) in [6, 6.07) is 4.22. The van der Waals surface area contributed by atoms with Crippen molar-refractivity contribution in [2.45, 2.75) is 24.8 Å². The third-order valence-corrected chi connectivity index (χ3v) is 5.15. The Morgan fingerprint density at radius 2 is 2.15 bits per heavy atom. The van der Waals surface area contributed by atoms with E-state index in [1.807, 2.05) is 13.0 Å². The van der Waals surface area contributed by atoms with Crippen LogP contribution in [0.5, 0.6) is 0 Å². The minimum absolute atomic E-state index is 0.236. The van der Waals surface area contributed by atoms with Crippen LogP contribution in [0.2, 0.25) is 0 Å². The van der Waals surface area contributed by atoms with Gasteiger partial charge in [0.25, 0.3) is 0 Å². The molecule has 0 radical (unpaired) electrons. The van der Waals surface area contributed by atoms with Gasteiger partial charge in [0.05, 0.1) is 0 Å². The van der Waals surface area contributed by atoms with Gasteiger partial charge in [0.2, 0.25) is 10.0 Å². The van der Waals surface area contributed by atoms with E-state index in [-0.39, 0.29) is 4.90 Å². The summed E-state index contributed by atoms with van der Waals surface area (Å²) in [4.78, 5) is -0.236. The molecule has 0 amide bonds. The molecule has 0 atom stereocenters. The van der Waals surface area contributed by atoms with E-state index >= 15 is 0 Å². The summed E-state index contributed by atoms with van der Waals surface area (Å²) in [6.45, 7) is 3.12. The van der Waals surface area contributed by atoms with Crippen LogP contribution in [-0.4, -0.2) is 32.9 Å². The summed E-state index contributed by atoms with van der Waals surface area (Å²) in [5.74, 6) is -0.697. The molecule has 20 heavy (non-hydrogen) atoms. The molecule has 110 valence electrons. The maximum Gasteiger partial charge on any atom is 0.246 e. The van der Waals surface area contributed by atoms with E-state index in [2.05, 4.69) is 5.32 Å². The van der Waals surface area contributed by atoms with Gasteiger partial charge in [-0.3, -0.25) is 0 Å². The highest BCUT2D eigenvalue weighted by Crippen LogP contribution is 2.23. The van der Waals surface area contributed by atoms with Gasteiger partial charge in [-0.15, -0.1) is 0 Å². The molecule has 0 bridgehead atoms. The zero-order valence-corrected chi connectivity index (χ0v) is 12.5. The van der Waals surface area contributed by atoms with Crippen molar-refractivity contribution < 1.29 is 12.8 Å². The third kappa shape index (κ3) is 3.08. The topological polar surface area (TPSA) is 49.4 Å². The number of hydrogen-bond acceptors (Lipinski definition) is 3. The molecule has 1 aliphatic rings. The molecule has 2 rings (SSSR count). The Bertz CT molecular complexity index is 626. The monoisotopic (exact) mass is 298 g/mol. The van der Waals surface area contributed by atoms with Gasteiger partial charge in [0.1, 0.15) is 10.7 Å². The maximum atomic E-state index is 13.9. The van der Waals surface area contributed by atoms with Gasteiger partial charge in [0.15, 0.2) is 0 Å². The maximum absolute atomic E-state index is 13.9. The molecule has 6 heteroatoms. The van der Waals surface area contributed by atoms with E-state index in [0.717, 1.165) is 11.1 Å². The number of nitrogens with zero attached hydrogens (tertiary/aromatic N) is 1. The van der Waals surface area contributed by atoms with Gasteiger partial charge < -0.3 is 5.32 Å². The molecule has 4 nitrogen and oxygen atoms in total. The van der Waals surface area contributed by atoms with E-state index in [9.17, 15) is 12.8 Å². The Morgan fingerprint density at radius 1 is 1.40 bits per heavy atom. The van der Waals surface area contributed by atoms with Crippen molar-refractivity contribution in [3.05, 3.63) is 41.2 Å². The Labute approximate surface area is 119 Å². The lowest BCUT2D eigenvalue weighted by molar-refractivity contribution is 0.423. The summed E-state index contributed by atoms with van der Waals surface area (Å²) in [5.41, 5.74) is 1.74. The van der Waals surface area contributed by atoms with E-state index in [1.165, 1.54) is 16.4 Å². The Hall–Kier alpha value is -1.24. The van der Waals surface area contributed by atoms with Gasteiger partial charge in [-0.25, -0.2) is 12.8 Å². The molecule has 1 heterocycles. The SMILES string of the molecule is CNCc1ccc(F)c(S(=O)(=O)N2CCC=C(C)C2)c1. The molecule has 0 spiro atoms. The smallest absolute Gasteiger partial charge is 0.246 e. The van der Waals surface area contributed by atoms with Crippen molar-refractivity contribution >= 4 is 10.0 Å². The van der Waals surface area contributed by atoms with E-state index in [0.29, 0.717) is 26.1 Å². The van der Waals surface area contributed by atoms with Crippen LogP contribution in [0.3, 0.4) is 0 Å². The average molecular weight is 298 g/mol. The second-order valence-electron chi connectivity index (χ2n) is 4.97. The normalized spacial score (nSPS) is 17.1. The molecule has 1 aromatic carbocycles. The highest BCUT2D eigenvalue weighted by molar-refractivity contribution is 7.89. The first kappa shape index (κ1) is 15.2. The summed E-state index contributed by atoms with van der Waals surface area (Å²) in [6.07, 6.45) is 2.68. The fourth-order valence-electron chi connectivity index (χ4n) is 2.28. The molecule has 0 fully saturated rings. The van der Waals surface area contributed by atoms with Crippen LogP contribution in [0.4, 0.5) is 4.39 Å². The lowest BCUT2D eigenvalue weighted by atomic mass is 10.2. The first-order valence-electron chi connectivity index (χ1n) is 6.54. The molecule has 0 saturated carbocycles. The standard InChI is InChI=1S/C14H19FN2O2S/c1-11-4-3-7-17(10-11)20(18,19)14-8-12(9-16-2)5-6-13(14)15/h4-6,8,16H,3,7,9-10H2,1-2H3. The fraction of sp³-hybridized carbons (Fsp3) is 0.429. The number of benzene rings is 1. The van der Waals surface area contributed by atoms with Crippen LogP contribution in [0.15, 0.2) is 34.7 Å². The molecule has 1 N–H and O–H groups in total. The van der Waals surface area contributed by atoms with E-state index < -0.39 is 15.8 Å². The number of nitrogens with one attached hydrogen (secondary N) is 1. The minimum atomic E-state index is -3.78. The molecule has 0 saturated heterocycles. The minimum Gasteiger partial charge on any atom is -0.316 e. The summed E-state index contributed by atoms with van der Waals surface area (Å²) in [7, 11) is -2.02. The molecule has 0 aromatic heterocycles. The largest absolute Gasteiger partial charge is 0.316 e. The zero-order chi connectivity index (χ0) is 14.8. The lowest BCUT2D eigenvalue weighted by Gasteiger charge is -2.25. The van der Waals surface area contributed by atoms with E-state index in [4.69, 9.17) is 0 Å². The van der Waals surface area contributed by atoms with Crippen molar-refractivity contribution in [1.82, 2.24) is 9.62 Å². The van der Waals surface area contributed by atoms with Gasteiger partial charge in [-0.1, -0.05) is 17.7 Å². The second kappa shape index (κ2) is 6.03. The molecule has 1 aromatic rings. The van der Waals surface area contributed by atoms with Gasteiger partial charge in [-0.2, -0.15) is 4.31 Å². The van der Waals surface area contributed by atoms with Crippen molar-refractivity contribution in [3.8, 4) is 0 Å². The highest BCUT2D eigenvalue weighted by Gasteiger charge is 2.28. The Kier molecular flexibility index (Phi) is 4.57. The van der Waals surface area contributed by atoms with Crippen LogP contribution in [0.1, 0.15) is 18.9 Å². The first-order valence-corrected chi connectivity index (χ1v) is 7.98. The van der Waals surface area contributed by atoms with Crippen LogP contribution in [0.25, 0.3) is 0 Å². The highest BCUT2D eigenvalue weighted by atomic mass is 32.2. The zero-order valence-electron chi connectivity index (χ0n) is 11.7. The van der Waals surface area contributed by atoms with Crippen LogP contribution >= 0.6 is 0 Å². The van der Waals surface area contributed by atoms with Crippen molar-refractivity contribution in [2.75, 3.05) is 20.1 Å². The van der Waals surface area contributed by atoms with Crippen molar-refractivity contribution in [3.63, 3.8) is 0 Å². The quantitative estimate of drug-likeness (QED) is 0.864. The summed E-state index contributed by atoms with van der Waals surface area (Å²) < 4.78 is 40.4. The number of sulfonamides is 1. The molecule has 0 aliphatic carbocycles. The van der Waals surface area contributed by atoms with Gasteiger partial charge >= 0.3 is 0 Å². The summed E-state index contributed by atoms with van der Waals surface area (Å²) in [5, 5.41) is 2.93. The van der Waals surface area contributed by atoms with E-state index in [1.54, 1.807) is 13.1 Å². The molecular weight excluding hydrogens is 279 g/mol.